The van der Waals surface area contributed by atoms with Crippen LogP contribution in [0.15, 0.2) is 30.5 Å². The van der Waals surface area contributed by atoms with Gasteiger partial charge >= 0.3 is 0 Å². The number of hydrogen-bond donors (Lipinski definition) is 0. The molecule has 0 bridgehead atoms. The van der Waals surface area contributed by atoms with Crippen molar-refractivity contribution in [2.24, 2.45) is 5.92 Å². The zero-order valence-electron chi connectivity index (χ0n) is 15.8. The Hall–Kier alpha value is -2.05. The Kier molecular flexibility index (Phi) is 4.53. The average molecular weight is 368 g/mol. The normalized spacial score (nSPS) is 21.8. The van der Waals surface area contributed by atoms with E-state index in [-0.39, 0.29) is 5.91 Å². The SMILES string of the molecule is O=C(c1ccc2ccc(N3CCN(CC4CC4)CC3)n2c1)N1CCCCO1. The van der Waals surface area contributed by atoms with Gasteiger partial charge in [0.15, 0.2) is 0 Å². The maximum atomic E-state index is 12.8. The van der Waals surface area contributed by atoms with E-state index in [1.54, 1.807) is 0 Å². The smallest absolute Gasteiger partial charge is 0.278 e. The predicted molar refractivity (Wildman–Crippen MR) is 105 cm³/mol. The fourth-order valence-corrected chi connectivity index (χ4v) is 4.20. The fraction of sp³-hybridized carbons (Fsp3) is 0.571. The number of carbonyl (C=O) groups excluding carboxylic acids is 1. The first-order chi connectivity index (χ1) is 13.3. The van der Waals surface area contributed by atoms with Crippen LogP contribution in [0.1, 0.15) is 36.0 Å². The summed E-state index contributed by atoms with van der Waals surface area (Å²) >= 11 is 0. The van der Waals surface area contributed by atoms with E-state index in [0.29, 0.717) is 18.7 Å². The molecule has 0 aromatic carbocycles. The second-order valence-corrected chi connectivity index (χ2v) is 8.08. The molecule has 2 saturated heterocycles. The number of pyridine rings is 1. The molecule has 5 rings (SSSR count). The highest BCUT2D eigenvalue weighted by molar-refractivity contribution is 5.93. The summed E-state index contributed by atoms with van der Waals surface area (Å²) in [6.45, 7) is 6.94. The lowest BCUT2D eigenvalue weighted by Crippen LogP contribution is -2.47. The van der Waals surface area contributed by atoms with E-state index in [4.69, 9.17) is 4.84 Å². The first-order valence-electron chi connectivity index (χ1n) is 10.3. The summed E-state index contributed by atoms with van der Waals surface area (Å²) in [5, 5.41) is 1.52. The Balaban J connectivity index is 1.33. The third-order valence-corrected chi connectivity index (χ3v) is 6.02. The largest absolute Gasteiger partial charge is 0.355 e. The summed E-state index contributed by atoms with van der Waals surface area (Å²) in [5.74, 6) is 2.10. The third-order valence-electron chi connectivity index (χ3n) is 6.02. The van der Waals surface area contributed by atoms with Crippen molar-refractivity contribution >= 4 is 17.2 Å². The number of nitrogens with zero attached hydrogens (tertiary/aromatic N) is 4. The standard InChI is InChI=1S/C21H28N4O2/c26-21(25-9-1-2-14-27-25)18-5-6-19-7-8-20(24(19)16-18)23-12-10-22(11-13-23)15-17-3-4-17/h5-8,16-17H,1-4,9-15H2. The van der Waals surface area contributed by atoms with Gasteiger partial charge in [0.25, 0.3) is 5.91 Å². The molecule has 0 spiro atoms. The molecular formula is C21H28N4O2. The van der Waals surface area contributed by atoms with E-state index in [1.165, 1.54) is 30.3 Å². The van der Waals surface area contributed by atoms with Crippen molar-refractivity contribution in [1.29, 1.82) is 0 Å². The van der Waals surface area contributed by atoms with Crippen LogP contribution in [0.25, 0.3) is 5.52 Å². The van der Waals surface area contributed by atoms with Gasteiger partial charge in [-0.2, -0.15) is 0 Å². The Morgan fingerprint density at radius 2 is 1.81 bits per heavy atom. The highest BCUT2D eigenvalue weighted by Gasteiger charge is 2.27. The van der Waals surface area contributed by atoms with Crippen molar-refractivity contribution in [3.63, 3.8) is 0 Å². The number of aromatic nitrogens is 1. The Morgan fingerprint density at radius 1 is 1.00 bits per heavy atom. The molecule has 4 heterocycles. The van der Waals surface area contributed by atoms with Gasteiger partial charge in [-0.25, -0.2) is 5.06 Å². The number of carbonyl (C=O) groups is 1. The van der Waals surface area contributed by atoms with Gasteiger partial charge in [0.1, 0.15) is 5.82 Å². The second-order valence-electron chi connectivity index (χ2n) is 8.08. The molecule has 1 saturated carbocycles. The summed E-state index contributed by atoms with van der Waals surface area (Å²) in [5.41, 5.74) is 1.82. The van der Waals surface area contributed by atoms with Crippen LogP contribution in [-0.4, -0.2) is 66.1 Å². The lowest BCUT2D eigenvalue weighted by atomic mass is 10.2. The lowest BCUT2D eigenvalue weighted by molar-refractivity contribution is -0.144. The molecule has 3 fully saturated rings. The van der Waals surface area contributed by atoms with E-state index < -0.39 is 0 Å². The molecule has 2 aromatic heterocycles. The van der Waals surface area contributed by atoms with Gasteiger partial charge in [0, 0.05) is 51.0 Å². The monoisotopic (exact) mass is 368 g/mol. The molecule has 6 heteroatoms. The van der Waals surface area contributed by atoms with Gasteiger partial charge in [-0.05, 0) is 55.9 Å². The van der Waals surface area contributed by atoms with E-state index >= 15 is 0 Å². The van der Waals surface area contributed by atoms with Gasteiger partial charge in [-0.1, -0.05) is 0 Å². The zero-order chi connectivity index (χ0) is 18.2. The van der Waals surface area contributed by atoms with Crippen molar-refractivity contribution in [2.45, 2.75) is 25.7 Å². The first kappa shape index (κ1) is 17.1. The summed E-state index contributed by atoms with van der Waals surface area (Å²) < 4.78 is 2.16. The highest BCUT2D eigenvalue weighted by atomic mass is 16.7. The van der Waals surface area contributed by atoms with Crippen molar-refractivity contribution in [3.05, 3.63) is 36.0 Å². The minimum Gasteiger partial charge on any atom is -0.355 e. The van der Waals surface area contributed by atoms with Gasteiger partial charge in [-0.3, -0.25) is 14.5 Å². The predicted octanol–water partition coefficient (Wildman–Crippen LogP) is 2.64. The van der Waals surface area contributed by atoms with Crippen LogP contribution in [0, 0.1) is 5.92 Å². The molecule has 3 aliphatic rings. The van der Waals surface area contributed by atoms with E-state index in [9.17, 15) is 4.79 Å². The van der Waals surface area contributed by atoms with Crippen LogP contribution < -0.4 is 4.90 Å². The molecule has 1 amide bonds. The summed E-state index contributed by atoms with van der Waals surface area (Å²) in [7, 11) is 0. The van der Waals surface area contributed by atoms with Crippen molar-refractivity contribution < 1.29 is 9.63 Å². The Bertz CT molecular complexity index is 815. The minimum atomic E-state index is -0.0366. The van der Waals surface area contributed by atoms with Gasteiger partial charge in [0.2, 0.25) is 0 Å². The molecule has 0 unspecified atom stereocenters. The van der Waals surface area contributed by atoms with Crippen molar-refractivity contribution in [1.82, 2.24) is 14.4 Å². The minimum absolute atomic E-state index is 0.0366. The molecule has 0 N–H and O–H groups in total. The Labute approximate surface area is 160 Å². The molecular weight excluding hydrogens is 340 g/mol. The Morgan fingerprint density at radius 3 is 2.56 bits per heavy atom. The number of anilines is 1. The summed E-state index contributed by atoms with van der Waals surface area (Å²) in [6, 6.07) is 8.26. The molecule has 144 valence electrons. The number of amides is 1. The maximum Gasteiger partial charge on any atom is 0.278 e. The zero-order valence-corrected chi connectivity index (χ0v) is 15.8. The van der Waals surface area contributed by atoms with Gasteiger partial charge < -0.3 is 9.30 Å². The number of hydrogen-bond acceptors (Lipinski definition) is 4. The maximum absolute atomic E-state index is 12.8. The van der Waals surface area contributed by atoms with Crippen LogP contribution in [0.4, 0.5) is 5.82 Å². The van der Waals surface area contributed by atoms with Crippen LogP contribution in [-0.2, 0) is 4.84 Å². The lowest BCUT2D eigenvalue weighted by Gasteiger charge is -2.36. The molecule has 0 radical (unpaired) electrons. The van der Waals surface area contributed by atoms with Crippen molar-refractivity contribution in [3.8, 4) is 0 Å². The van der Waals surface area contributed by atoms with Crippen LogP contribution in [0.5, 0.6) is 0 Å². The van der Waals surface area contributed by atoms with Crippen molar-refractivity contribution in [2.75, 3.05) is 50.8 Å². The van der Waals surface area contributed by atoms with Crippen LogP contribution in [0.3, 0.4) is 0 Å². The van der Waals surface area contributed by atoms with Gasteiger partial charge in [-0.15, -0.1) is 0 Å². The topological polar surface area (TPSA) is 40.4 Å². The molecule has 27 heavy (non-hydrogen) atoms. The summed E-state index contributed by atoms with van der Waals surface area (Å²) in [6.07, 6.45) is 6.84. The number of hydroxylamine groups is 2. The van der Waals surface area contributed by atoms with E-state index in [2.05, 4.69) is 26.3 Å². The first-order valence-corrected chi connectivity index (χ1v) is 10.3. The quantitative estimate of drug-likeness (QED) is 0.832. The van der Waals surface area contributed by atoms with E-state index in [0.717, 1.165) is 50.5 Å². The third kappa shape index (κ3) is 3.56. The molecule has 1 aliphatic carbocycles. The summed E-state index contributed by atoms with van der Waals surface area (Å²) in [4.78, 5) is 23.4. The average Bonchev–Trinajstić information content (AvgIpc) is 3.44. The second kappa shape index (κ2) is 7.17. The van der Waals surface area contributed by atoms with Gasteiger partial charge in [0.05, 0.1) is 12.2 Å². The van der Waals surface area contributed by atoms with E-state index in [1.807, 2.05) is 18.3 Å². The van der Waals surface area contributed by atoms with Crippen LogP contribution in [0.2, 0.25) is 0 Å². The van der Waals surface area contributed by atoms with Crippen LogP contribution >= 0.6 is 0 Å². The number of fused-ring (bicyclic) bond motifs is 1. The fourth-order valence-electron chi connectivity index (χ4n) is 4.20. The molecule has 0 atom stereocenters. The molecule has 2 aliphatic heterocycles. The molecule has 6 nitrogen and oxygen atoms in total. The molecule has 2 aromatic rings. The number of piperazine rings is 1. The number of rotatable bonds is 4. The highest BCUT2D eigenvalue weighted by Crippen LogP contribution is 2.30.